The third kappa shape index (κ3) is 6.75. The van der Waals surface area contributed by atoms with E-state index in [1.54, 1.807) is 33.0 Å². The minimum absolute atomic E-state index is 0.736. The van der Waals surface area contributed by atoms with Gasteiger partial charge in [0.15, 0.2) is 0 Å². The Hall–Kier alpha value is -2.90. The van der Waals surface area contributed by atoms with Crippen molar-refractivity contribution in [1.82, 2.24) is 17.5 Å². The Labute approximate surface area is 350 Å². The highest BCUT2D eigenvalue weighted by Crippen LogP contribution is 2.50. The number of thiophene rings is 4. The zero-order chi connectivity index (χ0) is 37.5. The number of unbranched alkanes of at least 4 members (excludes halogenated alkanes) is 2. The molecule has 2 atom stereocenters. The van der Waals surface area contributed by atoms with Crippen molar-refractivity contribution in [2.45, 2.75) is 91.1 Å². The largest absolute Gasteiger partial charge is 0.172 e. The van der Waals surface area contributed by atoms with Crippen LogP contribution in [0.25, 0.3) is 73.6 Å². The number of aromatic nitrogens is 4. The second-order valence-corrected chi connectivity index (χ2v) is 24.3. The lowest BCUT2D eigenvalue weighted by molar-refractivity contribution is 0.469. The molecule has 6 aromatic heterocycles. The molecule has 0 N–H and O–H groups in total. The van der Waals surface area contributed by atoms with Gasteiger partial charge in [0, 0.05) is 51.5 Å². The maximum atomic E-state index is 4.96. The molecule has 0 amide bonds. The van der Waals surface area contributed by atoms with E-state index in [2.05, 4.69) is 99.1 Å². The minimum Gasteiger partial charge on any atom is -0.172 e. The molecule has 0 spiro atoms. The zero-order valence-corrected chi connectivity index (χ0v) is 37.8. The van der Waals surface area contributed by atoms with E-state index in [-0.39, 0.29) is 0 Å². The van der Waals surface area contributed by atoms with E-state index in [1.165, 1.54) is 138 Å². The highest BCUT2D eigenvalue weighted by molar-refractivity contribution is 7.31. The van der Waals surface area contributed by atoms with Gasteiger partial charge in [-0.25, -0.2) is 0 Å². The van der Waals surface area contributed by atoms with Crippen LogP contribution in [0, 0.1) is 11.8 Å². The molecule has 0 radical (unpaired) electrons. The molecule has 2 unspecified atom stereocenters. The first-order chi connectivity index (χ1) is 27.1. The quantitative estimate of drug-likeness (QED) is 0.0909. The van der Waals surface area contributed by atoms with Crippen LogP contribution in [0.4, 0.5) is 0 Å². The molecular weight excluding hydrogens is 805 g/mol. The molecule has 11 heteroatoms. The van der Waals surface area contributed by atoms with Crippen molar-refractivity contribution in [3.05, 3.63) is 71.4 Å². The van der Waals surface area contributed by atoms with E-state index < -0.39 is 8.07 Å². The van der Waals surface area contributed by atoms with Gasteiger partial charge in [-0.15, -0.1) is 45.3 Å². The number of hydrogen-bond acceptors (Lipinski definition) is 10. The number of rotatable bonds is 16. The lowest BCUT2D eigenvalue weighted by atomic mass is 10.0. The topological polar surface area (TPSA) is 51.6 Å². The Morgan fingerprint density at radius 3 is 1.27 bits per heavy atom. The van der Waals surface area contributed by atoms with Crippen molar-refractivity contribution >= 4 is 109 Å². The highest BCUT2D eigenvalue weighted by atomic mass is 32.1. The van der Waals surface area contributed by atoms with E-state index in [1.807, 2.05) is 22.7 Å². The maximum Gasteiger partial charge on any atom is 0.122 e. The predicted molar refractivity (Wildman–Crippen MR) is 248 cm³/mol. The van der Waals surface area contributed by atoms with Crippen LogP contribution < -0.4 is 10.4 Å². The van der Waals surface area contributed by atoms with Gasteiger partial charge in [0.25, 0.3) is 0 Å². The molecular formula is C44H46N4S6Si. The Morgan fingerprint density at radius 2 is 0.927 bits per heavy atom. The van der Waals surface area contributed by atoms with Crippen molar-refractivity contribution < 1.29 is 0 Å². The third-order valence-electron chi connectivity index (χ3n) is 12.0. The van der Waals surface area contributed by atoms with Crippen molar-refractivity contribution in [3.63, 3.8) is 0 Å². The summed E-state index contributed by atoms with van der Waals surface area (Å²) >= 11 is 10.3. The lowest BCUT2D eigenvalue weighted by Crippen LogP contribution is -2.56. The average Bonchev–Trinajstić information content (AvgIpc) is 4.06. The molecule has 0 aliphatic carbocycles. The van der Waals surface area contributed by atoms with Gasteiger partial charge in [-0.05, 0) is 69.3 Å². The molecule has 7 heterocycles. The van der Waals surface area contributed by atoms with Gasteiger partial charge in [-0.2, -0.15) is 17.5 Å². The Morgan fingerprint density at radius 1 is 0.527 bits per heavy atom. The average molecular weight is 851 g/mol. The van der Waals surface area contributed by atoms with E-state index in [4.69, 9.17) is 17.5 Å². The molecule has 1 aliphatic heterocycles. The van der Waals surface area contributed by atoms with Crippen LogP contribution in [0.15, 0.2) is 71.4 Å². The third-order valence-corrected chi connectivity index (χ3v) is 23.1. The molecule has 0 fully saturated rings. The SMILES string of the molecule is CCCCC(CC)C[Si]1(CC(CC)CCCC)c2cc(-c3ccc(-c4cccs4)c4nsnc34)sc2-c2sc(-c3ccc(-c4cccs4)c4nsnc34)cc21. The van der Waals surface area contributed by atoms with Gasteiger partial charge >= 0.3 is 0 Å². The summed E-state index contributed by atoms with van der Waals surface area (Å²) in [6.07, 6.45) is 10.3. The summed E-state index contributed by atoms with van der Waals surface area (Å²) in [7, 11) is -2.22. The van der Waals surface area contributed by atoms with E-state index in [0.29, 0.717) is 0 Å². The van der Waals surface area contributed by atoms with Crippen LogP contribution in [0.1, 0.15) is 79.1 Å². The van der Waals surface area contributed by atoms with Crippen LogP contribution in [-0.4, -0.2) is 25.6 Å². The smallest absolute Gasteiger partial charge is 0.122 e. The molecule has 9 rings (SSSR count). The first-order valence-electron chi connectivity index (χ1n) is 19.9. The maximum absolute atomic E-state index is 4.96. The van der Waals surface area contributed by atoms with Gasteiger partial charge in [-0.1, -0.05) is 115 Å². The Balaban J connectivity index is 1.24. The van der Waals surface area contributed by atoms with Gasteiger partial charge in [0.1, 0.15) is 30.1 Å². The Bertz CT molecular complexity index is 2360. The fourth-order valence-corrected chi connectivity index (χ4v) is 22.1. The summed E-state index contributed by atoms with van der Waals surface area (Å²) in [5.74, 6) is 1.47. The molecule has 55 heavy (non-hydrogen) atoms. The second kappa shape index (κ2) is 16.2. The second-order valence-electron chi connectivity index (χ2n) is 15.2. The van der Waals surface area contributed by atoms with Crippen LogP contribution >= 0.6 is 68.8 Å². The molecule has 8 aromatic rings. The first-order valence-corrected chi connectivity index (χ1v) is 27.2. The first kappa shape index (κ1) is 37.7. The van der Waals surface area contributed by atoms with Crippen molar-refractivity contribution in [2.75, 3.05) is 0 Å². The van der Waals surface area contributed by atoms with Crippen LogP contribution in [0.3, 0.4) is 0 Å². The Kier molecular flexibility index (Phi) is 11.1. The number of fused-ring (bicyclic) bond motifs is 5. The summed E-state index contributed by atoms with van der Waals surface area (Å²) in [4.78, 5) is 8.28. The van der Waals surface area contributed by atoms with E-state index in [0.717, 1.165) is 33.9 Å². The lowest BCUT2D eigenvalue weighted by Gasteiger charge is -2.35. The molecule has 0 bridgehead atoms. The zero-order valence-electron chi connectivity index (χ0n) is 31.9. The summed E-state index contributed by atoms with van der Waals surface area (Å²) in [5.41, 5.74) is 9.01. The van der Waals surface area contributed by atoms with Crippen molar-refractivity contribution in [3.8, 4) is 51.5 Å². The normalized spacial score (nSPS) is 14.5. The van der Waals surface area contributed by atoms with E-state index in [9.17, 15) is 0 Å². The summed E-state index contributed by atoms with van der Waals surface area (Å²) in [5, 5.41) is 7.71. The van der Waals surface area contributed by atoms with Gasteiger partial charge < -0.3 is 0 Å². The number of nitrogens with zero attached hydrogens (tertiary/aromatic N) is 4. The molecule has 4 nitrogen and oxygen atoms in total. The molecule has 282 valence electrons. The van der Waals surface area contributed by atoms with Gasteiger partial charge in [0.05, 0.1) is 23.5 Å². The van der Waals surface area contributed by atoms with Crippen molar-refractivity contribution in [1.29, 1.82) is 0 Å². The fraction of sp³-hybridized carbons (Fsp3) is 0.364. The molecule has 2 aromatic carbocycles. The minimum atomic E-state index is -2.22. The molecule has 1 aliphatic rings. The molecule has 0 saturated heterocycles. The summed E-state index contributed by atoms with van der Waals surface area (Å²) in [6.45, 7) is 9.62. The van der Waals surface area contributed by atoms with Gasteiger partial charge in [-0.3, -0.25) is 0 Å². The fourth-order valence-electron chi connectivity index (χ4n) is 9.03. The summed E-state index contributed by atoms with van der Waals surface area (Å²) < 4.78 is 19.7. The predicted octanol–water partition coefficient (Wildman–Crippen LogP) is 14.6. The van der Waals surface area contributed by atoms with Crippen molar-refractivity contribution in [2.24, 2.45) is 11.8 Å². The van der Waals surface area contributed by atoms with Gasteiger partial charge in [0.2, 0.25) is 0 Å². The standard InChI is InChI=1S/C44H46N4S6Si/c1-5-9-13-27(7-3)25-55(26-28(8-4)14-10-6-2)37-23-35(31-19-17-29(33-15-11-21-49-33)39-41(31)47-53-45-39)51-43(37)44-38(55)24-36(52-44)32-20-18-30(34-16-12-22-50-34)40-42(32)48-54-46-40/h11-12,15-24,27-28H,5-10,13-14,25-26H2,1-4H3. The monoisotopic (exact) mass is 850 g/mol. The highest BCUT2D eigenvalue weighted by Gasteiger charge is 2.50. The van der Waals surface area contributed by atoms with E-state index >= 15 is 0 Å². The number of benzene rings is 2. The van der Waals surface area contributed by atoms with Crippen LogP contribution in [0.5, 0.6) is 0 Å². The number of hydrogen-bond donors (Lipinski definition) is 0. The van der Waals surface area contributed by atoms with Crippen LogP contribution in [0.2, 0.25) is 12.1 Å². The summed E-state index contributed by atoms with van der Waals surface area (Å²) in [6, 6.07) is 25.9. The van der Waals surface area contributed by atoms with Crippen LogP contribution in [-0.2, 0) is 0 Å². The molecule has 0 saturated carbocycles.